The second-order valence-electron chi connectivity index (χ2n) is 3.97. The van der Waals surface area contributed by atoms with Crippen LogP contribution in [-0.2, 0) is 0 Å². The minimum atomic E-state index is -0.400. The van der Waals surface area contributed by atoms with Crippen molar-refractivity contribution in [3.63, 3.8) is 0 Å². The van der Waals surface area contributed by atoms with E-state index < -0.39 is 5.82 Å². The van der Waals surface area contributed by atoms with Gasteiger partial charge in [0.25, 0.3) is 0 Å². The van der Waals surface area contributed by atoms with Crippen LogP contribution in [0.25, 0.3) is 17.1 Å². The number of nitrogens with zero attached hydrogens (tertiary/aromatic N) is 4. The number of anilines is 1. The Morgan fingerprint density at radius 1 is 1.05 bits per heavy atom. The highest BCUT2D eigenvalue weighted by Crippen LogP contribution is 2.18. The summed E-state index contributed by atoms with van der Waals surface area (Å²) in [5, 5.41) is 12.0. The number of nitrogen functional groups attached to an aromatic ring is 1. The van der Waals surface area contributed by atoms with E-state index >= 15 is 0 Å². The Labute approximate surface area is 108 Å². The Morgan fingerprint density at radius 2 is 1.84 bits per heavy atom. The number of aromatic nitrogens is 4. The molecule has 0 aliphatic rings. The molecular weight excluding hydrogens is 245 g/mol. The molecule has 0 bridgehead atoms. The molecule has 2 N–H and O–H groups in total. The van der Waals surface area contributed by atoms with Gasteiger partial charge in [-0.2, -0.15) is 0 Å². The van der Waals surface area contributed by atoms with E-state index in [4.69, 9.17) is 5.73 Å². The van der Waals surface area contributed by atoms with Crippen molar-refractivity contribution < 1.29 is 4.39 Å². The van der Waals surface area contributed by atoms with Gasteiger partial charge in [-0.25, -0.2) is 4.39 Å². The molecule has 5 nitrogen and oxygen atoms in total. The van der Waals surface area contributed by atoms with Crippen molar-refractivity contribution in [3.05, 3.63) is 54.3 Å². The maximum Gasteiger partial charge on any atom is 0.205 e. The van der Waals surface area contributed by atoms with Gasteiger partial charge in [-0.05, 0) is 17.3 Å². The monoisotopic (exact) mass is 255 g/mol. The highest BCUT2D eigenvalue weighted by molar-refractivity contribution is 5.58. The molecule has 0 saturated carbocycles. The number of hydrogen-bond acceptors (Lipinski definition) is 4. The molecule has 2 aromatic carbocycles. The van der Waals surface area contributed by atoms with Crippen LogP contribution in [0.1, 0.15) is 0 Å². The van der Waals surface area contributed by atoms with E-state index in [0.29, 0.717) is 17.2 Å². The lowest BCUT2D eigenvalue weighted by atomic mass is 10.2. The van der Waals surface area contributed by atoms with Gasteiger partial charge in [-0.15, -0.1) is 15.0 Å². The van der Waals surface area contributed by atoms with Crippen LogP contribution in [0.2, 0.25) is 0 Å². The largest absolute Gasteiger partial charge is 0.397 e. The fourth-order valence-corrected chi connectivity index (χ4v) is 1.71. The molecule has 0 saturated heterocycles. The lowest BCUT2D eigenvalue weighted by molar-refractivity contribution is 0.621. The maximum absolute atomic E-state index is 13.2. The number of halogens is 1. The zero-order chi connectivity index (χ0) is 13.2. The quantitative estimate of drug-likeness (QED) is 0.711. The van der Waals surface area contributed by atoms with Gasteiger partial charge in [0.1, 0.15) is 11.5 Å². The van der Waals surface area contributed by atoms with Crippen LogP contribution in [0.5, 0.6) is 0 Å². The second-order valence-corrected chi connectivity index (χ2v) is 3.97. The fraction of sp³-hybridized carbons (Fsp3) is 0. The molecule has 6 heteroatoms. The number of nitrogens with two attached hydrogens (primary N) is 1. The van der Waals surface area contributed by atoms with Crippen molar-refractivity contribution in [2.75, 3.05) is 5.73 Å². The Morgan fingerprint density at radius 3 is 2.63 bits per heavy atom. The summed E-state index contributed by atoms with van der Waals surface area (Å²) in [5.41, 5.74) is 7.37. The molecule has 3 aromatic rings. The molecule has 0 aliphatic carbocycles. The first kappa shape index (κ1) is 11.3. The lowest BCUT2D eigenvalue weighted by Gasteiger charge is -2.02. The van der Waals surface area contributed by atoms with E-state index in [0.717, 1.165) is 5.56 Å². The van der Waals surface area contributed by atoms with Crippen LogP contribution in [0, 0.1) is 5.82 Å². The highest BCUT2D eigenvalue weighted by Gasteiger charge is 2.10. The van der Waals surface area contributed by atoms with E-state index in [1.165, 1.54) is 23.0 Å². The van der Waals surface area contributed by atoms with Crippen molar-refractivity contribution in [1.82, 2.24) is 20.2 Å². The summed E-state index contributed by atoms with van der Waals surface area (Å²) in [6, 6.07) is 13.4. The van der Waals surface area contributed by atoms with Gasteiger partial charge in [0.2, 0.25) is 5.82 Å². The summed E-state index contributed by atoms with van der Waals surface area (Å²) < 4.78 is 13.2. The fourth-order valence-electron chi connectivity index (χ4n) is 1.71. The average Bonchev–Trinajstić information content (AvgIpc) is 2.92. The Balaban J connectivity index is 2.04. The summed E-state index contributed by atoms with van der Waals surface area (Å²) >= 11 is 0. The Bertz CT molecular complexity index is 708. The highest BCUT2D eigenvalue weighted by atomic mass is 19.1. The second kappa shape index (κ2) is 4.49. The molecule has 19 heavy (non-hydrogen) atoms. The van der Waals surface area contributed by atoms with Crippen molar-refractivity contribution in [1.29, 1.82) is 0 Å². The third kappa shape index (κ3) is 2.15. The minimum absolute atomic E-state index is 0.370. The van der Waals surface area contributed by atoms with E-state index in [1.54, 1.807) is 0 Å². The van der Waals surface area contributed by atoms with Crippen LogP contribution in [0.4, 0.5) is 10.1 Å². The zero-order valence-corrected chi connectivity index (χ0v) is 9.86. The maximum atomic E-state index is 13.2. The van der Waals surface area contributed by atoms with Gasteiger partial charge in [-0.1, -0.05) is 30.3 Å². The predicted molar refractivity (Wildman–Crippen MR) is 69.0 cm³/mol. The molecule has 94 valence electrons. The summed E-state index contributed by atoms with van der Waals surface area (Å²) in [6.07, 6.45) is 0. The molecule has 0 radical (unpaired) electrons. The summed E-state index contributed by atoms with van der Waals surface area (Å²) in [7, 11) is 0. The molecular formula is C13H10FN5. The third-order valence-corrected chi connectivity index (χ3v) is 2.65. The molecule has 1 heterocycles. The number of tetrazole rings is 1. The summed E-state index contributed by atoms with van der Waals surface area (Å²) in [5.74, 6) is 0.0621. The molecule has 0 fully saturated rings. The number of rotatable bonds is 2. The van der Waals surface area contributed by atoms with Gasteiger partial charge in [0.05, 0.1) is 5.69 Å². The normalized spacial score (nSPS) is 10.6. The molecule has 0 spiro atoms. The van der Waals surface area contributed by atoms with Gasteiger partial charge >= 0.3 is 0 Å². The van der Waals surface area contributed by atoms with Crippen LogP contribution in [0.3, 0.4) is 0 Å². The first-order valence-electron chi connectivity index (χ1n) is 5.65. The first-order valence-corrected chi connectivity index (χ1v) is 5.65. The topological polar surface area (TPSA) is 69.6 Å². The van der Waals surface area contributed by atoms with Crippen LogP contribution in [0.15, 0.2) is 48.5 Å². The van der Waals surface area contributed by atoms with Crippen LogP contribution < -0.4 is 5.73 Å². The van der Waals surface area contributed by atoms with Crippen molar-refractivity contribution >= 4 is 5.69 Å². The van der Waals surface area contributed by atoms with Crippen LogP contribution in [-0.4, -0.2) is 20.2 Å². The standard InChI is InChI=1S/C13H10FN5/c14-10-6-7-11(15)12(8-10)19-17-13(16-18-19)9-4-2-1-3-5-9/h1-8H,15H2. The SMILES string of the molecule is Nc1ccc(F)cc1-n1nnc(-c2ccccc2)n1. The van der Waals surface area contributed by atoms with E-state index in [2.05, 4.69) is 15.4 Å². The minimum Gasteiger partial charge on any atom is -0.397 e. The predicted octanol–water partition coefficient (Wildman–Crippen LogP) is 2.05. The van der Waals surface area contributed by atoms with Gasteiger partial charge < -0.3 is 5.73 Å². The Kier molecular flexibility index (Phi) is 2.68. The first-order chi connectivity index (χ1) is 9.24. The molecule has 0 atom stereocenters. The molecule has 3 rings (SSSR count). The lowest BCUT2D eigenvalue weighted by Crippen LogP contribution is -2.04. The molecule has 0 amide bonds. The van der Waals surface area contributed by atoms with Gasteiger partial charge in [-0.3, -0.25) is 0 Å². The van der Waals surface area contributed by atoms with E-state index in [1.807, 2.05) is 30.3 Å². The zero-order valence-electron chi connectivity index (χ0n) is 9.86. The van der Waals surface area contributed by atoms with E-state index in [-0.39, 0.29) is 0 Å². The molecule has 0 unspecified atom stereocenters. The smallest absolute Gasteiger partial charge is 0.205 e. The van der Waals surface area contributed by atoms with Crippen molar-refractivity contribution in [2.24, 2.45) is 0 Å². The molecule has 1 aromatic heterocycles. The number of benzene rings is 2. The van der Waals surface area contributed by atoms with Gasteiger partial charge in [0, 0.05) is 11.6 Å². The van der Waals surface area contributed by atoms with Gasteiger partial charge in [0.15, 0.2) is 0 Å². The van der Waals surface area contributed by atoms with Crippen LogP contribution >= 0.6 is 0 Å². The number of hydrogen-bond donors (Lipinski definition) is 1. The summed E-state index contributed by atoms with van der Waals surface area (Å²) in [6.45, 7) is 0. The van der Waals surface area contributed by atoms with Crippen molar-refractivity contribution in [3.8, 4) is 17.1 Å². The molecule has 0 aliphatic heterocycles. The Hall–Kier alpha value is -2.76. The third-order valence-electron chi connectivity index (χ3n) is 2.65. The summed E-state index contributed by atoms with van der Waals surface area (Å²) in [4.78, 5) is 1.22. The average molecular weight is 255 g/mol. The van der Waals surface area contributed by atoms with E-state index in [9.17, 15) is 4.39 Å². The van der Waals surface area contributed by atoms with Crippen molar-refractivity contribution in [2.45, 2.75) is 0 Å².